The summed E-state index contributed by atoms with van der Waals surface area (Å²) in [5, 5.41) is 3.60. The number of nitrogens with one attached hydrogen (secondary N) is 1. The molecule has 2 nitrogen and oxygen atoms in total. The molecule has 98 valence electrons. The number of rotatable bonds is 4. The highest BCUT2D eigenvalue weighted by atomic mass is 35.5. The molecule has 0 bridgehead atoms. The van der Waals surface area contributed by atoms with Crippen molar-refractivity contribution in [3.05, 3.63) is 30.1 Å². The molecule has 0 atom stereocenters. The summed E-state index contributed by atoms with van der Waals surface area (Å²) >= 11 is 0. The van der Waals surface area contributed by atoms with Crippen LogP contribution in [0.15, 0.2) is 24.5 Å². The molecule has 0 saturated heterocycles. The van der Waals surface area contributed by atoms with Crippen molar-refractivity contribution >= 4 is 0 Å². The van der Waals surface area contributed by atoms with Gasteiger partial charge in [-0.1, -0.05) is 20.8 Å². The summed E-state index contributed by atoms with van der Waals surface area (Å²) in [7, 11) is 0. The maximum absolute atomic E-state index is 4.02. The minimum atomic E-state index is 0. The fourth-order valence-electron chi connectivity index (χ4n) is 2.23. The molecule has 0 aliphatic rings. The SMILES string of the molecule is CC(C)(C)CC(C)(C)NCc1ccncc1.[Cl-]. The maximum atomic E-state index is 4.02. The van der Waals surface area contributed by atoms with E-state index in [9.17, 15) is 0 Å². The molecule has 0 aliphatic carbocycles. The van der Waals surface area contributed by atoms with E-state index in [-0.39, 0.29) is 17.9 Å². The standard InChI is InChI=1S/C14H24N2.ClH/c1-13(2,3)11-14(4,5)16-10-12-6-8-15-9-7-12;/h6-9,16H,10-11H2,1-5H3;1H/p-1. The third-order valence-corrected chi connectivity index (χ3v) is 2.49. The minimum Gasteiger partial charge on any atom is -1.00 e. The molecule has 0 aromatic carbocycles. The second-order valence-electron chi connectivity index (χ2n) is 6.33. The Morgan fingerprint density at radius 1 is 1.06 bits per heavy atom. The molecule has 1 aromatic rings. The molecular weight excluding hydrogens is 232 g/mol. The first kappa shape index (κ1) is 16.4. The third-order valence-electron chi connectivity index (χ3n) is 2.49. The van der Waals surface area contributed by atoms with Gasteiger partial charge in [-0.3, -0.25) is 4.98 Å². The summed E-state index contributed by atoms with van der Waals surface area (Å²) in [6.07, 6.45) is 4.84. The van der Waals surface area contributed by atoms with Crippen molar-refractivity contribution in [2.45, 2.75) is 53.1 Å². The second kappa shape index (κ2) is 6.36. The van der Waals surface area contributed by atoms with Crippen molar-refractivity contribution in [2.24, 2.45) is 5.41 Å². The number of nitrogens with zero attached hydrogens (tertiary/aromatic N) is 1. The topological polar surface area (TPSA) is 24.9 Å². The zero-order chi connectivity index (χ0) is 12.2. The summed E-state index contributed by atoms with van der Waals surface area (Å²) in [6, 6.07) is 4.11. The van der Waals surface area contributed by atoms with Gasteiger partial charge in [-0.05, 0) is 43.4 Å². The van der Waals surface area contributed by atoms with E-state index in [2.05, 4.69) is 57.1 Å². The van der Waals surface area contributed by atoms with Crippen LogP contribution in [0.25, 0.3) is 0 Å². The van der Waals surface area contributed by atoms with Crippen molar-refractivity contribution < 1.29 is 12.4 Å². The number of halogens is 1. The van der Waals surface area contributed by atoms with Crippen LogP contribution in [0.3, 0.4) is 0 Å². The van der Waals surface area contributed by atoms with Crippen LogP contribution in [-0.4, -0.2) is 10.5 Å². The fraction of sp³-hybridized carbons (Fsp3) is 0.643. The van der Waals surface area contributed by atoms with Gasteiger partial charge in [0, 0.05) is 24.5 Å². The zero-order valence-corrected chi connectivity index (χ0v) is 12.3. The maximum Gasteiger partial charge on any atom is 0.0271 e. The van der Waals surface area contributed by atoms with Crippen LogP contribution in [0.2, 0.25) is 0 Å². The first-order chi connectivity index (χ1) is 7.29. The Hall–Kier alpha value is -0.600. The molecule has 1 aromatic heterocycles. The van der Waals surface area contributed by atoms with E-state index in [1.165, 1.54) is 5.56 Å². The van der Waals surface area contributed by atoms with Gasteiger partial charge in [0.1, 0.15) is 0 Å². The predicted octanol–water partition coefficient (Wildman–Crippen LogP) is 0.390. The number of aromatic nitrogens is 1. The Kier molecular flexibility index (Phi) is 6.14. The molecule has 1 rings (SSSR count). The van der Waals surface area contributed by atoms with E-state index in [0.29, 0.717) is 5.41 Å². The van der Waals surface area contributed by atoms with E-state index >= 15 is 0 Å². The molecule has 0 radical (unpaired) electrons. The number of hydrogen-bond acceptors (Lipinski definition) is 2. The molecule has 3 heteroatoms. The lowest BCUT2D eigenvalue weighted by atomic mass is 9.82. The lowest BCUT2D eigenvalue weighted by Crippen LogP contribution is -3.00. The van der Waals surface area contributed by atoms with E-state index in [1.807, 2.05) is 12.4 Å². The molecule has 1 heterocycles. The summed E-state index contributed by atoms with van der Waals surface area (Å²) < 4.78 is 0. The van der Waals surface area contributed by atoms with Gasteiger partial charge < -0.3 is 17.7 Å². The van der Waals surface area contributed by atoms with Gasteiger partial charge in [0.25, 0.3) is 0 Å². The van der Waals surface area contributed by atoms with E-state index in [4.69, 9.17) is 0 Å². The second-order valence-corrected chi connectivity index (χ2v) is 6.33. The van der Waals surface area contributed by atoms with Gasteiger partial charge in [0.05, 0.1) is 0 Å². The van der Waals surface area contributed by atoms with Gasteiger partial charge >= 0.3 is 0 Å². The van der Waals surface area contributed by atoms with Crippen molar-refractivity contribution in [3.63, 3.8) is 0 Å². The van der Waals surface area contributed by atoms with Gasteiger partial charge in [-0.25, -0.2) is 0 Å². The van der Waals surface area contributed by atoms with Crippen LogP contribution in [0.4, 0.5) is 0 Å². The Morgan fingerprint density at radius 2 is 1.59 bits per heavy atom. The molecule has 0 fully saturated rings. The summed E-state index contributed by atoms with van der Waals surface area (Å²) in [5.74, 6) is 0. The van der Waals surface area contributed by atoms with Crippen molar-refractivity contribution in [1.29, 1.82) is 0 Å². The van der Waals surface area contributed by atoms with Gasteiger partial charge in [-0.2, -0.15) is 0 Å². The summed E-state index contributed by atoms with van der Waals surface area (Å²) in [4.78, 5) is 4.02. The highest BCUT2D eigenvalue weighted by molar-refractivity contribution is 5.09. The highest BCUT2D eigenvalue weighted by Crippen LogP contribution is 2.26. The van der Waals surface area contributed by atoms with E-state index < -0.39 is 0 Å². The van der Waals surface area contributed by atoms with Gasteiger partial charge in [-0.15, -0.1) is 0 Å². The number of pyridine rings is 1. The average Bonchev–Trinajstić information content (AvgIpc) is 2.13. The van der Waals surface area contributed by atoms with Crippen molar-refractivity contribution in [3.8, 4) is 0 Å². The van der Waals surface area contributed by atoms with Gasteiger partial charge in [0.15, 0.2) is 0 Å². The van der Waals surface area contributed by atoms with Crippen LogP contribution in [-0.2, 0) is 6.54 Å². The Bertz CT molecular complexity index is 315. The van der Waals surface area contributed by atoms with Crippen molar-refractivity contribution in [1.82, 2.24) is 10.3 Å². The van der Waals surface area contributed by atoms with Crippen LogP contribution < -0.4 is 17.7 Å². The first-order valence-electron chi connectivity index (χ1n) is 5.92. The van der Waals surface area contributed by atoms with E-state index in [0.717, 1.165) is 13.0 Å². The quantitative estimate of drug-likeness (QED) is 0.842. The first-order valence-corrected chi connectivity index (χ1v) is 5.92. The van der Waals surface area contributed by atoms with Gasteiger partial charge in [0.2, 0.25) is 0 Å². The largest absolute Gasteiger partial charge is 1.00 e. The van der Waals surface area contributed by atoms with E-state index in [1.54, 1.807) is 0 Å². The normalized spacial score (nSPS) is 12.1. The fourth-order valence-corrected chi connectivity index (χ4v) is 2.23. The zero-order valence-electron chi connectivity index (χ0n) is 11.5. The third kappa shape index (κ3) is 7.35. The molecule has 0 unspecified atom stereocenters. The lowest BCUT2D eigenvalue weighted by Gasteiger charge is -2.33. The highest BCUT2D eigenvalue weighted by Gasteiger charge is 2.24. The molecule has 0 saturated carbocycles. The monoisotopic (exact) mass is 255 g/mol. The van der Waals surface area contributed by atoms with Crippen LogP contribution in [0.5, 0.6) is 0 Å². The lowest BCUT2D eigenvalue weighted by molar-refractivity contribution is -0.00000555. The molecule has 0 amide bonds. The van der Waals surface area contributed by atoms with Crippen LogP contribution in [0, 0.1) is 5.41 Å². The molecular formula is C14H24ClN2-. The van der Waals surface area contributed by atoms with Crippen LogP contribution in [0.1, 0.15) is 46.6 Å². The van der Waals surface area contributed by atoms with Crippen LogP contribution >= 0.6 is 0 Å². The molecule has 17 heavy (non-hydrogen) atoms. The van der Waals surface area contributed by atoms with Crippen molar-refractivity contribution in [2.75, 3.05) is 0 Å². The molecule has 0 spiro atoms. The predicted molar refractivity (Wildman–Crippen MR) is 69.2 cm³/mol. The Labute approximate surface area is 112 Å². The Balaban J connectivity index is 0.00000256. The average molecular weight is 256 g/mol. The smallest absolute Gasteiger partial charge is 0.0271 e. The Morgan fingerprint density at radius 3 is 2.06 bits per heavy atom. The number of hydrogen-bond donors (Lipinski definition) is 1. The molecule has 1 N–H and O–H groups in total. The minimum absolute atomic E-state index is 0. The summed E-state index contributed by atoms with van der Waals surface area (Å²) in [5.41, 5.74) is 1.81. The summed E-state index contributed by atoms with van der Waals surface area (Å²) in [6.45, 7) is 12.3. The molecule has 0 aliphatic heterocycles.